The number of hydrogen-bond acceptors (Lipinski definition) is 4. The van der Waals surface area contributed by atoms with Crippen molar-refractivity contribution in [2.24, 2.45) is 0 Å². The largest absolute Gasteiger partial charge is 0.456 e. The lowest BCUT2D eigenvalue weighted by Crippen LogP contribution is -2.61. The monoisotopic (exact) mass is 733 g/mol. The Kier molecular flexibility index (Phi) is 7.49. The molecule has 0 N–H and O–H groups in total. The summed E-state index contributed by atoms with van der Waals surface area (Å²) in [7, 11) is 0. The van der Waals surface area contributed by atoms with Crippen molar-refractivity contribution < 1.29 is 4.42 Å². The van der Waals surface area contributed by atoms with Crippen molar-refractivity contribution >= 4 is 96.2 Å². The number of hydrogen-bond donors (Lipinski definition) is 0. The zero-order valence-electron chi connectivity index (χ0n) is 32.2. The van der Waals surface area contributed by atoms with Gasteiger partial charge in [0, 0.05) is 62.0 Å². The van der Waals surface area contributed by atoms with Gasteiger partial charge in [-0.25, -0.2) is 0 Å². The van der Waals surface area contributed by atoms with Crippen molar-refractivity contribution in [3.8, 4) is 0 Å². The van der Waals surface area contributed by atoms with Crippen molar-refractivity contribution in [2.45, 2.75) is 26.2 Å². The summed E-state index contributed by atoms with van der Waals surface area (Å²) in [6, 6.07) is 68.4. The molecule has 0 saturated carbocycles. The number of rotatable bonds is 5. The van der Waals surface area contributed by atoms with Crippen molar-refractivity contribution in [1.29, 1.82) is 0 Å². The molecule has 2 aliphatic rings. The summed E-state index contributed by atoms with van der Waals surface area (Å²) in [5.74, 6) is 0. The van der Waals surface area contributed by atoms with Gasteiger partial charge in [-0.2, -0.15) is 0 Å². The van der Waals surface area contributed by atoms with Crippen LogP contribution >= 0.6 is 0 Å². The van der Waals surface area contributed by atoms with Crippen molar-refractivity contribution in [1.82, 2.24) is 0 Å². The Morgan fingerprint density at radius 1 is 0.439 bits per heavy atom. The summed E-state index contributed by atoms with van der Waals surface area (Å²) < 4.78 is 6.30. The number of anilines is 9. The van der Waals surface area contributed by atoms with Crippen LogP contribution in [0.3, 0.4) is 0 Å². The number of benzene rings is 8. The Labute approximate surface area is 333 Å². The van der Waals surface area contributed by atoms with Gasteiger partial charge in [0.1, 0.15) is 11.2 Å². The lowest BCUT2D eigenvalue weighted by atomic mass is 9.33. The van der Waals surface area contributed by atoms with Gasteiger partial charge in [-0.15, -0.1) is 0 Å². The zero-order valence-corrected chi connectivity index (χ0v) is 32.2. The van der Waals surface area contributed by atoms with Crippen molar-refractivity contribution in [3.05, 3.63) is 194 Å². The van der Waals surface area contributed by atoms with Gasteiger partial charge in [-0.05, 0) is 118 Å². The Hall–Kier alpha value is -6.98. The highest BCUT2D eigenvalue weighted by Gasteiger charge is 2.43. The van der Waals surface area contributed by atoms with Gasteiger partial charge in [-0.3, -0.25) is 0 Å². The van der Waals surface area contributed by atoms with Crippen LogP contribution < -0.4 is 31.1 Å². The van der Waals surface area contributed by atoms with E-state index in [0.29, 0.717) is 0 Å². The summed E-state index contributed by atoms with van der Waals surface area (Å²) >= 11 is 0. The highest BCUT2D eigenvalue weighted by molar-refractivity contribution is 7.00. The predicted octanol–water partition coefficient (Wildman–Crippen LogP) is 12.4. The third-order valence-electron chi connectivity index (χ3n) is 11.8. The number of fused-ring (bicyclic) bond motifs is 7. The average molecular weight is 734 g/mol. The van der Waals surface area contributed by atoms with Crippen LogP contribution in [-0.2, 0) is 5.41 Å². The smallest absolute Gasteiger partial charge is 0.252 e. The second kappa shape index (κ2) is 12.8. The molecule has 0 amide bonds. The molecule has 0 fully saturated rings. The molecule has 272 valence electrons. The van der Waals surface area contributed by atoms with Gasteiger partial charge in [0.05, 0.1) is 0 Å². The second-order valence-corrected chi connectivity index (χ2v) is 16.2. The van der Waals surface area contributed by atoms with E-state index in [9.17, 15) is 0 Å². The first kappa shape index (κ1) is 33.4. The van der Waals surface area contributed by atoms with E-state index in [0.717, 1.165) is 50.4 Å². The molecule has 11 rings (SSSR count). The predicted molar refractivity (Wildman–Crippen MR) is 241 cm³/mol. The van der Waals surface area contributed by atoms with Crippen LogP contribution in [-0.4, -0.2) is 6.71 Å². The lowest BCUT2D eigenvalue weighted by Gasteiger charge is -2.44. The highest BCUT2D eigenvalue weighted by Crippen LogP contribution is 2.46. The standard InChI is InChI=1S/C52H40BN3O/c1-52(2,3)35-25-27-38(28-26-35)54(39-30-32-50-42(33-39)41-19-10-13-24-49(41)57-50)40-29-31-44-48(34-40)56(37-17-8-5-9-18-37)47-23-14-22-46-51(47)53(44)43-20-11-12-21-45(43)55(46)36-15-6-4-7-16-36/h4-34H,1-3H3. The molecule has 8 aromatic carbocycles. The molecule has 9 aromatic rings. The van der Waals surface area contributed by atoms with Crippen LogP contribution in [0.5, 0.6) is 0 Å². The minimum absolute atomic E-state index is 0.0403. The van der Waals surface area contributed by atoms with Gasteiger partial charge in [-0.1, -0.05) is 118 Å². The van der Waals surface area contributed by atoms with E-state index >= 15 is 0 Å². The summed E-state index contributed by atoms with van der Waals surface area (Å²) in [5, 5.41) is 2.22. The molecule has 0 unspecified atom stereocenters. The molecule has 2 aliphatic heterocycles. The molecular weight excluding hydrogens is 693 g/mol. The topological polar surface area (TPSA) is 22.9 Å². The van der Waals surface area contributed by atoms with Crippen LogP contribution in [0.1, 0.15) is 26.3 Å². The highest BCUT2D eigenvalue weighted by atomic mass is 16.3. The maximum Gasteiger partial charge on any atom is 0.252 e. The van der Waals surface area contributed by atoms with Crippen molar-refractivity contribution in [2.75, 3.05) is 14.7 Å². The molecule has 0 spiro atoms. The van der Waals surface area contributed by atoms with Gasteiger partial charge >= 0.3 is 0 Å². The first-order valence-electron chi connectivity index (χ1n) is 19.8. The number of nitrogens with zero attached hydrogens (tertiary/aromatic N) is 3. The quantitative estimate of drug-likeness (QED) is 0.164. The molecular formula is C52H40BN3O. The van der Waals surface area contributed by atoms with Gasteiger partial charge in [0.2, 0.25) is 0 Å². The van der Waals surface area contributed by atoms with Crippen LogP contribution in [0.25, 0.3) is 21.9 Å². The van der Waals surface area contributed by atoms with E-state index < -0.39 is 0 Å². The first-order valence-corrected chi connectivity index (χ1v) is 19.8. The molecule has 3 heterocycles. The molecule has 0 saturated heterocycles. The van der Waals surface area contributed by atoms with Gasteiger partial charge in [0.15, 0.2) is 0 Å². The Morgan fingerprint density at radius 3 is 1.70 bits per heavy atom. The van der Waals surface area contributed by atoms with E-state index in [1.165, 1.54) is 44.7 Å². The minimum Gasteiger partial charge on any atom is -0.456 e. The maximum atomic E-state index is 6.30. The lowest BCUT2D eigenvalue weighted by molar-refractivity contribution is 0.590. The third kappa shape index (κ3) is 5.30. The molecule has 1 aromatic heterocycles. The number of furan rings is 1. The molecule has 0 bridgehead atoms. The average Bonchev–Trinajstić information content (AvgIpc) is 3.62. The van der Waals surface area contributed by atoms with Crippen LogP contribution in [0.15, 0.2) is 192 Å². The number of para-hydroxylation sites is 4. The molecule has 57 heavy (non-hydrogen) atoms. The van der Waals surface area contributed by atoms with Gasteiger partial charge in [0.25, 0.3) is 6.71 Å². The molecule has 5 heteroatoms. The van der Waals surface area contributed by atoms with Crippen LogP contribution in [0, 0.1) is 0 Å². The fraction of sp³-hybridized carbons (Fsp3) is 0.0769. The minimum atomic E-state index is 0.0403. The summed E-state index contributed by atoms with van der Waals surface area (Å²) in [6.07, 6.45) is 0. The summed E-state index contributed by atoms with van der Waals surface area (Å²) in [4.78, 5) is 7.31. The van der Waals surface area contributed by atoms with E-state index in [4.69, 9.17) is 4.42 Å². The molecule has 4 nitrogen and oxygen atoms in total. The third-order valence-corrected chi connectivity index (χ3v) is 11.8. The maximum absolute atomic E-state index is 6.30. The Morgan fingerprint density at radius 2 is 0.982 bits per heavy atom. The zero-order chi connectivity index (χ0) is 38.3. The fourth-order valence-corrected chi connectivity index (χ4v) is 9.13. The molecule has 0 atom stereocenters. The normalized spacial score (nSPS) is 13.1. The Balaban J connectivity index is 1.15. The van der Waals surface area contributed by atoms with Crippen molar-refractivity contribution in [3.63, 3.8) is 0 Å². The molecule has 0 radical (unpaired) electrons. The van der Waals surface area contributed by atoms with Crippen LogP contribution in [0.2, 0.25) is 0 Å². The first-order chi connectivity index (χ1) is 27.9. The van der Waals surface area contributed by atoms with E-state index in [-0.39, 0.29) is 12.1 Å². The van der Waals surface area contributed by atoms with Gasteiger partial charge < -0.3 is 19.1 Å². The van der Waals surface area contributed by atoms with E-state index in [1.807, 2.05) is 12.1 Å². The van der Waals surface area contributed by atoms with E-state index in [1.54, 1.807) is 0 Å². The second-order valence-electron chi connectivity index (χ2n) is 16.2. The summed E-state index contributed by atoms with van der Waals surface area (Å²) in [6.45, 7) is 6.85. The fourth-order valence-electron chi connectivity index (χ4n) is 9.13. The van der Waals surface area contributed by atoms with E-state index in [2.05, 4.69) is 211 Å². The van der Waals surface area contributed by atoms with Crippen LogP contribution in [0.4, 0.5) is 51.2 Å². The summed E-state index contributed by atoms with van der Waals surface area (Å²) in [5.41, 5.74) is 17.3. The molecule has 0 aliphatic carbocycles. The SMILES string of the molecule is CC(C)(C)c1ccc(N(c2ccc3c(c2)N(c2ccccc2)c2cccc4c2B3c2ccccc2N4c2ccccc2)c2ccc3oc4ccccc4c3c2)cc1. The Bertz CT molecular complexity index is 2970.